The summed E-state index contributed by atoms with van der Waals surface area (Å²) in [5.74, 6) is 1.07. The molecule has 3 nitrogen and oxygen atoms in total. The molecule has 0 amide bonds. The number of hydrogen-bond donors (Lipinski definition) is 0. The summed E-state index contributed by atoms with van der Waals surface area (Å²) in [4.78, 5) is 6.31. The molecule has 4 atom stereocenters. The van der Waals surface area contributed by atoms with Gasteiger partial charge in [0.2, 0.25) is 0 Å². The van der Waals surface area contributed by atoms with Crippen LogP contribution in [0.4, 0.5) is 0 Å². The smallest absolute Gasteiger partial charge is 0.125 e. The van der Waals surface area contributed by atoms with Crippen LogP contribution < -0.4 is 0 Å². The summed E-state index contributed by atoms with van der Waals surface area (Å²) in [5.41, 5.74) is 0. The van der Waals surface area contributed by atoms with E-state index in [0.29, 0.717) is 24.0 Å². The summed E-state index contributed by atoms with van der Waals surface area (Å²) in [6.07, 6.45) is 11.8. The van der Waals surface area contributed by atoms with Crippen molar-refractivity contribution in [3.05, 3.63) is 0 Å². The minimum atomic E-state index is -0.0255. The highest BCUT2D eigenvalue weighted by atomic mass is 16.7. The minimum absolute atomic E-state index is 0.0255. The maximum absolute atomic E-state index is 9.58. The van der Waals surface area contributed by atoms with Crippen molar-refractivity contribution in [1.29, 1.82) is 5.26 Å². The third kappa shape index (κ3) is 2.53. The Kier molecular flexibility index (Phi) is 4.10. The largest absolute Gasteiger partial charge is 0.294 e. The quantitative estimate of drug-likeness (QED) is 0.723. The molecule has 0 radical (unpaired) electrons. The first-order valence-corrected chi connectivity index (χ1v) is 8.16. The second kappa shape index (κ2) is 5.81. The van der Waals surface area contributed by atoms with Gasteiger partial charge in [0, 0.05) is 6.04 Å². The van der Waals surface area contributed by atoms with E-state index in [4.69, 9.17) is 4.84 Å². The lowest BCUT2D eigenvalue weighted by molar-refractivity contribution is -0.299. The Morgan fingerprint density at radius 2 is 1.68 bits per heavy atom. The van der Waals surface area contributed by atoms with E-state index in [-0.39, 0.29) is 6.04 Å². The average molecular weight is 262 g/mol. The van der Waals surface area contributed by atoms with E-state index < -0.39 is 0 Å². The second-order valence-corrected chi connectivity index (χ2v) is 6.68. The summed E-state index contributed by atoms with van der Waals surface area (Å²) in [6.45, 7) is 2.27. The van der Waals surface area contributed by atoms with Crippen LogP contribution in [0.5, 0.6) is 0 Å². The molecule has 0 aromatic carbocycles. The van der Waals surface area contributed by atoms with Gasteiger partial charge in [-0.2, -0.15) is 10.3 Å². The maximum Gasteiger partial charge on any atom is 0.125 e. The van der Waals surface area contributed by atoms with Crippen molar-refractivity contribution in [3.8, 4) is 6.07 Å². The van der Waals surface area contributed by atoms with Gasteiger partial charge in [-0.1, -0.05) is 39.0 Å². The number of fused-ring (bicyclic) bond motifs is 1. The molecule has 3 aliphatic rings. The number of rotatable bonds is 1. The minimum Gasteiger partial charge on any atom is -0.294 e. The number of hydroxylamine groups is 2. The highest BCUT2D eigenvalue weighted by molar-refractivity contribution is 5.01. The normalized spacial score (nSPS) is 41.5. The van der Waals surface area contributed by atoms with Crippen molar-refractivity contribution >= 4 is 0 Å². The molecule has 106 valence electrons. The average Bonchev–Trinajstić information content (AvgIpc) is 2.48. The van der Waals surface area contributed by atoms with Crippen LogP contribution in [0.2, 0.25) is 0 Å². The molecule has 1 saturated heterocycles. The molecule has 1 heterocycles. The molecule has 0 N–H and O–H groups in total. The van der Waals surface area contributed by atoms with Gasteiger partial charge in [-0.15, -0.1) is 0 Å². The van der Waals surface area contributed by atoms with Crippen molar-refractivity contribution in [2.75, 3.05) is 0 Å². The van der Waals surface area contributed by atoms with Gasteiger partial charge in [0.05, 0.1) is 12.2 Å². The molecule has 19 heavy (non-hydrogen) atoms. The van der Waals surface area contributed by atoms with Gasteiger partial charge in [0.15, 0.2) is 0 Å². The summed E-state index contributed by atoms with van der Waals surface area (Å²) in [6, 6.07) is 3.00. The van der Waals surface area contributed by atoms with Crippen LogP contribution in [0.25, 0.3) is 0 Å². The Bertz CT molecular complexity index is 345. The number of hydrogen-bond acceptors (Lipinski definition) is 3. The lowest BCUT2D eigenvalue weighted by Gasteiger charge is -2.50. The lowest BCUT2D eigenvalue weighted by atomic mass is 9.74. The predicted molar refractivity (Wildman–Crippen MR) is 74.1 cm³/mol. The van der Waals surface area contributed by atoms with E-state index in [1.807, 2.05) is 0 Å². The fourth-order valence-electron chi connectivity index (χ4n) is 4.37. The molecule has 3 heteroatoms. The van der Waals surface area contributed by atoms with Crippen LogP contribution in [0.3, 0.4) is 0 Å². The zero-order chi connectivity index (χ0) is 13.2. The third-order valence-electron chi connectivity index (χ3n) is 5.53. The molecule has 4 unspecified atom stereocenters. The molecular formula is C16H26N2O. The highest BCUT2D eigenvalue weighted by Crippen LogP contribution is 2.41. The van der Waals surface area contributed by atoms with E-state index in [9.17, 15) is 5.26 Å². The van der Waals surface area contributed by atoms with Gasteiger partial charge in [-0.25, -0.2) is 0 Å². The van der Waals surface area contributed by atoms with Crippen LogP contribution in [0.15, 0.2) is 0 Å². The monoisotopic (exact) mass is 262 g/mol. The topological polar surface area (TPSA) is 36.3 Å². The van der Waals surface area contributed by atoms with Crippen LogP contribution >= 0.6 is 0 Å². The van der Waals surface area contributed by atoms with Crippen LogP contribution in [0, 0.1) is 23.2 Å². The molecule has 0 aromatic heterocycles. The Balaban J connectivity index is 1.76. The molecule has 1 aliphatic heterocycles. The second-order valence-electron chi connectivity index (χ2n) is 6.68. The van der Waals surface area contributed by atoms with Gasteiger partial charge in [-0.3, -0.25) is 4.84 Å². The Morgan fingerprint density at radius 1 is 1.00 bits per heavy atom. The SMILES string of the molecule is CC1C2CCCCC2ON(C2CCCCC2)C1C#N. The maximum atomic E-state index is 9.58. The fraction of sp³-hybridized carbons (Fsp3) is 0.938. The first-order valence-electron chi connectivity index (χ1n) is 8.16. The van der Waals surface area contributed by atoms with Gasteiger partial charge in [-0.05, 0) is 37.5 Å². The summed E-state index contributed by atoms with van der Waals surface area (Å²) in [5, 5.41) is 11.7. The highest BCUT2D eigenvalue weighted by Gasteiger charge is 2.45. The van der Waals surface area contributed by atoms with Crippen molar-refractivity contribution < 1.29 is 4.84 Å². The molecular weight excluding hydrogens is 236 g/mol. The van der Waals surface area contributed by atoms with E-state index in [0.717, 1.165) is 0 Å². The standard InChI is InChI=1S/C16H26N2O/c1-12-14-9-5-6-10-16(14)19-18(15(12)11-17)13-7-3-2-4-8-13/h12-16H,2-10H2,1H3. The number of nitriles is 1. The third-order valence-corrected chi connectivity index (χ3v) is 5.53. The molecule has 0 aromatic rings. The van der Waals surface area contributed by atoms with Gasteiger partial charge < -0.3 is 0 Å². The zero-order valence-corrected chi connectivity index (χ0v) is 12.1. The van der Waals surface area contributed by atoms with E-state index >= 15 is 0 Å². The fourth-order valence-corrected chi connectivity index (χ4v) is 4.37. The Morgan fingerprint density at radius 3 is 2.42 bits per heavy atom. The molecule has 0 spiro atoms. The van der Waals surface area contributed by atoms with Crippen molar-refractivity contribution in [1.82, 2.24) is 5.06 Å². The van der Waals surface area contributed by atoms with Crippen molar-refractivity contribution in [3.63, 3.8) is 0 Å². The van der Waals surface area contributed by atoms with Gasteiger partial charge in [0.1, 0.15) is 6.04 Å². The van der Waals surface area contributed by atoms with E-state index in [1.54, 1.807) is 0 Å². The molecule has 3 fully saturated rings. The van der Waals surface area contributed by atoms with Crippen molar-refractivity contribution in [2.24, 2.45) is 11.8 Å². The van der Waals surface area contributed by atoms with Crippen molar-refractivity contribution in [2.45, 2.75) is 82.9 Å². The summed E-state index contributed by atoms with van der Waals surface area (Å²) >= 11 is 0. The van der Waals surface area contributed by atoms with Crippen LogP contribution in [-0.2, 0) is 4.84 Å². The molecule has 2 aliphatic carbocycles. The van der Waals surface area contributed by atoms with Crippen LogP contribution in [-0.4, -0.2) is 23.3 Å². The summed E-state index contributed by atoms with van der Waals surface area (Å²) < 4.78 is 0. The first-order chi connectivity index (χ1) is 9.31. The zero-order valence-electron chi connectivity index (χ0n) is 12.1. The first kappa shape index (κ1) is 13.4. The molecule has 0 bridgehead atoms. The van der Waals surface area contributed by atoms with Crippen LogP contribution in [0.1, 0.15) is 64.7 Å². The van der Waals surface area contributed by atoms with Gasteiger partial charge in [0.25, 0.3) is 0 Å². The predicted octanol–water partition coefficient (Wildman–Crippen LogP) is 3.65. The van der Waals surface area contributed by atoms with E-state index in [2.05, 4.69) is 18.1 Å². The molecule has 3 rings (SSSR count). The summed E-state index contributed by atoms with van der Waals surface area (Å²) in [7, 11) is 0. The lowest BCUT2D eigenvalue weighted by Crippen LogP contribution is -2.57. The Labute approximate surface area is 116 Å². The Hall–Kier alpha value is -0.590. The molecule has 2 saturated carbocycles. The van der Waals surface area contributed by atoms with Gasteiger partial charge >= 0.3 is 0 Å². The van der Waals surface area contributed by atoms with E-state index in [1.165, 1.54) is 57.8 Å². The number of nitrogens with zero attached hydrogens (tertiary/aromatic N) is 2.